The molecular weight excluding hydrogens is 392 g/mol. The lowest BCUT2D eigenvalue weighted by Gasteiger charge is -2.07. The van der Waals surface area contributed by atoms with Crippen molar-refractivity contribution in [2.75, 3.05) is 10.6 Å². The number of rotatable bonds is 5. The molecule has 0 atom stereocenters. The van der Waals surface area contributed by atoms with Crippen LogP contribution in [0.4, 0.5) is 11.4 Å². The summed E-state index contributed by atoms with van der Waals surface area (Å²) >= 11 is 1.46. The number of carbonyl (C=O) groups is 2. The van der Waals surface area contributed by atoms with Crippen LogP contribution in [0.1, 0.15) is 31.7 Å². The van der Waals surface area contributed by atoms with Crippen molar-refractivity contribution in [1.82, 2.24) is 10.1 Å². The fourth-order valence-electron chi connectivity index (χ4n) is 2.65. The van der Waals surface area contributed by atoms with Crippen LogP contribution in [0.15, 0.2) is 57.7 Å². The van der Waals surface area contributed by atoms with Gasteiger partial charge < -0.3 is 19.6 Å². The Bertz CT molecular complexity index is 1180. The van der Waals surface area contributed by atoms with Gasteiger partial charge >= 0.3 is 0 Å². The third-order valence-electron chi connectivity index (χ3n) is 4.04. The highest BCUT2D eigenvalue weighted by Gasteiger charge is 2.16. The van der Waals surface area contributed by atoms with Crippen molar-refractivity contribution in [3.05, 3.63) is 70.8 Å². The Kier molecular flexibility index (Phi) is 4.96. The van der Waals surface area contributed by atoms with E-state index in [2.05, 4.69) is 20.8 Å². The highest BCUT2D eigenvalue weighted by atomic mass is 32.1. The molecule has 1 aromatic carbocycles. The largest absolute Gasteiger partial charge is 0.459 e. The van der Waals surface area contributed by atoms with E-state index in [-0.39, 0.29) is 17.6 Å². The maximum atomic E-state index is 12.7. The molecule has 2 N–H and O–H groups in total. The summed E-state index contributed by atoms with van der Waals surface area (Å²) in [5.41, 5.74) is 1.57. The molecule has 0 unspecified atom stereocenters. The monoisotopic (exact) mass is 408 g/mol. The number of nitrogens with one attached hydrogen (secondary N) is 2. The van der Waals surface area contributed by atoms with Gasteiger partial charge in [-0.05, 0) is 43.3 Å². The molecular formula is C20H16N4O4S. The summed E-state index contributed by atoms with van der Waals surface area (Å²) < 4.78 is 10.1. The summed E-state index contributed by atoms with van der Waals surface area (Å²) in [5.74, 6) is 0.471. The second kappa shape index (κ2) is 7.72. The zero-order chi connectivity index (χ0) is 20.4. The summed E-state index contributed by atoms with van der Waals surface area (Å²) in [7, 11) is 0. The number of hydrogen-bond acceptors (Lipinski definition) is 7. The SMILES string of the molecule is Cc1nc(-c2cc(NC(=O)c3cccc(NC(=O)c4ccco4)c3)c(C)s2)no1. The van der Waals surface area contributed by atoms with Crippen LogP contribution in [0, 0.1) is 13.8 Å². The molecule has 8 nitrogen and oxygen atoms in total. The minimum atomic E-state index is -0.388. The normalized spacial score (nSPS) is 10.7. The van der Waals surface area contributed by atoms with Crippen LogP contribution in [0.3, 0.4) is 0 Å². The molecule has 4 rings (SSSR count). The highest BCUT2D eigenvalue weighted by Crippen LogP contribution is 2.33. The van der Waals surface area contributed by atoms with Gasteiger partial charge in [-0.1, -0.05) is 11.2 Å². The molecule has 3 aromatic heterocycles. The summed E-state index contributed by atoms with van der Waals surface area (Å²) in [6.45, 7) is 3.62. The van der Waals surface area contributed by atoms with Crippen molar-refractivity contribution < 1.29 is 18.5 Å². The number of nitrogens with zero attached hydrogens (tertiary/aromatic N) is 2. The average Bonchev–Trinajstić information content (AvgIpc) is 3.44. The summed E-state index contributed by atoms with van der Waals surface area (Å²) in [6, 6.07) is 11.7. The molecule has 0 saturated carbocycles. The third kappa shape index (κ3) is 4.09. The number of benzene rings is 1. The Labute approximate surface area is 169 Å². The molecule has 29 heavy (non-hydrogen) atoms. The Morgan fingerprint density at radius 3 is 2.62 bits per heavy atom. The van der Waals surface area contributed by atoms with E-state index < -0.39 is 0 Å². The van der Waals surface area contributed by atoms with Gasteiger partial charge in [0.1, 0.15) is 0 Å². The van der Waals surface area contributed by atoms with Crippen molar-refractivity contribution in [2.24, 2.45) is 0 Å². The van der Waals surface area contributed by atoms with E-state index in [1.807, 2.05) is 13.0 Å². The van der Waals surface area contributed by atoms with Crippen molar-refractivity contribution in [3.8, 4) is 10.7 Å². The molecule has 3 heterocycles. The first-order valence-corrected chi connectivity index (χ1v) is 9.48. The predicted molar refractivity (Wildman–Crippen MR) is 108 cm³/mol. The summed E-state index contributed by atoms with van der Waals surface area (Å²) in [5, 5.41) is 9.49. The zero-order valence-corrected chi connectivity index (χ0v) is 16.4. The number of anilines is 2. The Morgan fingerprint density at radius 1 is 1.03 bits per heavy atom. The average molecular weight is 408 g/mol. The van der Waals surface area contributed by atoms with Crippen LogP contribution >= 0.6 is 11.3 Å². The summed E-state index contributed by atoms with van der Waals surface area (Å²) in [6.07, 6.45) is 1.42. The molecule has 0 bridgehead atoms. The van der Waals surface area contributed by atoms with Gasteiger partial charge in [0.05, 0.1) is 16.8 Å². The molecule has 146 valence electrons. The Hall–Kier alpha value is -3.72. The fourth-order valence-corrected chi connectivity index (χ4v) is 3.55. The van der Waals surface area contributed by atoms with Crippen LogP contribution in [0.5, 0.6) is 0 Å². The van der Waals surface area contributed by atoms with E-state index in [4.69, 9.17) is 8.94 Å². The maximum absolute atomic E-state index is 12.7. The topological polar surface area (TPSA) is 110 Å². The van der Waals surface area contributed by atoms with Crippen molar-refractivity contribution in [3.63, 3.8) is 0 Å². The number of thiophene rings is 1. The molecule has 4 aromatic rings. The minimum Gasteiger partial charge on any atom is -0.459 e. The number of aromatic nitrogens is 2. The second-order valence-electron chi connectivity index (χ2n) is 6.18. The summed E-state index contributed by atoms with van der Waals surface area (Å²) in [4.78, 5) is 30.7. The number of hydrogen-bond donors (Lipinski definition) is 2. The number of furan rings is 1. The van der Waals surface area contributed by atoms with Gasteiger partial charge in [0.2, 0.25) is 11.7 Å². The van der Waals surface area contributed by atoms with Crippen LogP contribution in [-0.4, -0.2) is 22.0 Å². The van der Waals surface area contributed by atoms with Gasteiger partial charge in [-0.15, -0.1) is 11.3 Å². The standard InChI is InChI=1S/C20H16N4O4S/c1-11-15(10-17(29-11)18-21-12(2)28-24-18)23-19(25)13-5-3-6-14(9-13)22-20(26)16-7-4-8-27-16/h3-10H,1-2H3,(H,22,26)(H,23,25). The lowest BCUT2D eigenvalue weighted by molar-refractivity contribution is 0.0993. The van der Waals surface area contributed by atoms with Crippen LogP contribution in [0.2, 0.25) is 0 Å². The lowest BCUT2D eigenvalue weighted by atomic mass is 10.1. The van der Waals surface area contributed by atoms with E-state index in [1.54, 1.807) is 43.3 Å². The molecule has 0 aliphatic carbocycles. The number of amides is 2. The quantitative estimate of drug-likeness (QED) is 0.503. The molecule has 0 aliphatic heterocycles. The van der Waals surface area contributed by atoms with Gasteiger partial charge in [-0.2, -0.15) is 4.98 Å². The molecule has 0 radical (unpaired) electrons. The Morgan fingerprint density at radius 2 is 1.90 bits per heavy atom. The molecule has 0 fully saturated rings. The first-order valence-electron chi connectivity index (χ1n) is 8.67. The smallest absolute Gasteiger partial charge is 0.291 e. The van der Waals surface area contributed by atoms with Crippen molar-refractivity contribution in [1.29, 1.82) is 0 Å². The van der Waals surface area contributed by atoms with Crippen LogP contribution in [-0.2, 0) is 0 Å². The van der Waals surface area contributed by atoms with E-state index >= 15 is 0 Å². The molecule has 0 aliphatic rings. The second-order valence-corrected chi connectivity index (χ2v) is 7.44. The van der Waals surface area contributed by atoms with E-state index in [0.717, 1.165) is 9.75 Å². The third-order valence-corrected chi connectivity index (χ3v) is 5.09. The van der Waals surface area contributed by atoms with E-state index in [9.17, 15) is 9.59 Å². The number of aryl methyl sites for hydroxylation is 2. The van der Waals surface area contributed by atoms with Gasteiger partial charge in [0.25, 0.3) is 11.8 Å². The zero-order valence-electron chi connectivity index (χ0n) is 15.6. The van der Waals surface area contributed by atoms with Gasteiger partial charge in [0, 0.05) is 23.1 Å². The maximum Gasteiger partial charge on any atom is 0.291 e. The Balaban J connectivity index is 1.49. The first-order chi connectivity index (χ1) is 14.0. The fraction of sp³-hybridized carbons (Fsp3) is 0.100. The minimum absolute atomic E-state index is 0.193. The molecule has 2 amide bonds. The lowest BCUT2D eigenvalue weighted by Crippen LogP contribution is -2.14. The van der Waals surface area contributed by atoms with Crippen LogP contribution < -0.4 is 10.6 Å². The van der Waals surface area contributed by atoms with Crippen LogP contribution in [0.25, 0.3) is 10.7 Å². The highest BCUT2D eigenvalue weighted by molar-refractivity contribution is 7.16. The van der Waals surface area contributed by atoms with Crippen molar-refractivity contribution in [2.45, 2.75) is 13.8 Å². The molecule has 0 saturated heterocycles. The molecule has 9 heteroatoms. The van der Waals surface area contributed by atoms with Crippen molar-refractivity contribution >= 4 is 34.5 Å². The first kappa shape index (κ1) is 18.6. The van der Waals surface area contributed by atoms with Gasteiger partial charge in [-0.25, -0.2) is 0 Å². The van der Waals surface area contributed by atoms with E-state index in [1.165, 1.54) is 17.6 Å². The predicted octanol–water partition coefficient (Wildman–Crippen LogP) is 4.51. The van der Waals surface area contributed by atoms with Gasteiger partial charge in [0.15, 0.2) is 5.76 Å². The number of carbonyl (C=O) groups excluding carboxylic acids is 2. The van der Waals surface area contributed by atoms with E-state index in [0.29, 0.717) is 28.7 Å². The molecule has 0 spiro atoms. The van der Waals surface area contributed by atoms with Gasteiger partial charge in [-0.3, -0.25) is 9.59 Å².